The van der Waals surface area contributed by atoms with Crippen LogP contribution in [0.3, 0.4) is 0 Å². The smallest absolute Gasteiger partial charge is 0.255 e. The van der Waals surface area contributed by atoms with E-state index >= 15 is 0 Å². The van der Waals surface area contributed by atoms with E-state index in [0.717, 1.165) is 12.8 Å². The van der Waals surface area contributed by atoms with Gasteiger partial charge in [0.15, 0.2) is 28.8 Å². The van der Waals surface area contributed by atoms with Crippen molar-refractivity contribution in [2.75, 3.05) is 25.8 Å². The van der Waals surface area contributed by atoms with E-state index in [4.69, 9.17) is 18.9 Å². The predicted molar refractivity (Wildman–Crippen MR) is 104 cm³/mol. The average Bonchev–Trinajstić information content (AvgIpc) is 3.15. The fourth-order valence-electron chi connectivity index (χ4n) is 2.79. The Morgan fingerprint density at radius 2 is 1.86 bits per heavy atom. The molecular formula is C21H23NO6. The van der Waals surface area contributed by atoms with E-state index in [2.05, 4.69) is 12.2 Å². The van der Waals surface area contributed by atoms with Crippen LogP contribution >= 0.6 is 0 Å². The van der Waals surface area contributed by atoms with Crippen molar-refractivity contribution in [3.63, 3.8) is 0 Å². The number of hydrogen-bond donors (Lipinski definition) is 1. The fraction of sp³-hybridized carbons (Fsp3) is 0.333. The zero-order valence-corrected chi connectivity index (χ0v) is 16.2. The highest BCUT2D eigenvalue weighted by molar-refractivity contribution is 6.09. The third-order valence-corrected chi connectivity index (χ3v) is 4.32. The molecule has 1 N–H and O–H groups in total. The molecule has 0 bridgehead atoms. The number of benzene rings is 2. The minimum atomic E-state index is -0.375. The third kappa shape index (κ3) is 4.19. The lowest BCUT2D eigenvalue weighted by Crippen LogP contribution is -2.14. The molecule has 2 aromatic carbocycles. The second-order valence-corrected chi connectivity index (χ2v) is 6.33. The number of nitrogens with one attached hydrogen (secondary N) is 1. The van der Waals surface area contributed by atoms with Crippen LogP contribution in [0.25, 0.3) is 0 Å². The molecule has 1 aliphatic rings. The molecule has 3 rings (SSSR count). The summed E-state index contributed by atoms with van der Waals surface area (Å²) < 4.78 is 21.7. The second kappa shape index (κ2) is 8.65. The number of methoxy groups -OCH3 is 1. The molecule has 7 heteroatoms. The van der Waals surface area contributed by atoms with E-state index in [0.29, 0.717) is 46.4 Å². The van der Waals surface area contributed by atoms with Gasteiger partial charge in [0, 0.05) is 17.2 Å². The molecule has 1 amide bonds. The summed E-state index contributed by atoms with van der Waals surface area (Å²) in [5, 5.41) is 2.77. The molecule has 7 nitrogen and oxygen atoms in total. The number of hydrogen-bond acceptors (Lipinski definition) is 6. The number of Topliss-reactive ketones (excluding diaryl/α,β-unsaturated/α-hetero) is 1. The van der Waals surface area contributed by atoms with E-state index < -0.39 is 0 Å². The predicted octanol–water partition coefficient (Wildman–Crippen LogP) is 4.06. The summed E-state index contributed by atoms with van der Waals surface area (Å²) in [5.74, 6) is 1.46. The summed E-state index contributed by atoms with van der Waals surface area (Å²) in [7, 11) is 1.52. The molecule has 148 valence electrons. The molecular weight excluding hydrogens is 362 g/mol. The van der Waals surface area contributed by atoms with Crippen LogP contribution in [0.2, 0.25) is 0 Å². The first-order valence-electron chi connectivity index (χ1n) is 9.10. The topological polar surface area (TPSA) is 83.1 Å². The average molecular weight is 385 g/mol. The highest BCUT2D eigenvalue weighted by Crippen LogP contribution is 2.37. The maximum absolute atomic E-state index is 12.7. The fourth-order valence-corrected chi connectivity index (χ4v) is 2.79. The molecule has 0 aromatic heterocycles. The van der Waals surface area contributed by atoms with Crippen molar-refractivity contribution >= 4 is 17.4 Å². The number of ether oxygens (including phenoxy) is 4. The van der Waals surface area contributed by atoms with Crippen molar-refractivity contribution in [3.8, 4) is 23.0 Å². The summed E-state index contributed by atoms with van der Waals surface area (Å²) in [5.41, 5.74) is 1.10. The number of ketones is 1. The van der Waals surface area contributed by atoms with Gasteiger partial charge in [-0.1, -0.05) is 13.3 Å². The van der Waals surface area contributed by atoms with Crippen LogP contribution in [-0.4, -0.2) is 32.2 Å². The molecule has 0 saturated carbocycles. The monoisotopic (exact) mass is 385 g/mol. The van der Waals surface area contributed by atoms with Crippen LogP contribution in [0.15, 0.2) is 30.3 Å². The number of carbonyl (C=O) groups excluding carboxylic acids is 2. The molecule has 2 aromatic rings. The van der Waals surface area contributed by atoms with E-state index in [9.17, 15) is 9.59 Å². The number of carbonyl (C=O) groups is 2. The molecule has 1 aliphatic heterocycles. The number of unbranched alkanes of at least 4 members (excludes halogenated alkanes) is 1. The minimum absolute atomic E-state index is 0.0841. The summed E-state index contributed by atoms with van der Waals surface area (Å²) in [4.78, 5) is 24.7. The number of rotatable bonds is 8. The van der Waals surface area contributed by atoms with Crippen LogP contribution in [0.1, 0.15) is 47.4 Å². The molecule has 28 heavy (non-hydrogen) atoms. The van der Waals surface area contributed by atoms with Crippen LogP contribution in [-0.2, 0) is 0 Å². The third-order valence-electron chi connectivity index (χ3n) is 4.32. The van der Waals surface area contributed by atoms with Gasteiger partial charge < -0.3 is 24.3 Å². The Bertz CT molecular complexity index is 893. The van der Waals surface area contributed by atoms with Gasteiger partial charge in [-0.15, -0.1) is 0 Å². The number of amides is 1. The van der Waals surface area contributed by atoms with Crippen molar-refractivity contribution in [1.29, 1.82) is 0 Å². The SMILES string of the molecule is CCCCOc1ccc(C(=O)Nc2cc3c(cc2C(C)=O)OCO3)cc1OC. The Kier molecular flexibility index (Phi) is 6.03. The molecule has 0 fully saturated rings. The van der Waals surface area contributed by atoms with Crippen LogP contribution in [0.5, 0.6) is 23.0 Å². The van der Waals surface area contributed by atoms with Crippen LogP contribution in [0.4, 0.5) is 5.69 Å². The normalized spacial score (nSPS) is 11.8. The van der Waals surface area contributed by atoms with Gasteiger partial charge in [-0.05, 0) is 37.6 Å². The number of fused-ring (bicyclic) bond motifs is 1. The first kappa shape index (κ1) is 19.5. The molecule has 0 aliphatic carbocycles. The van der Waals surface area contributed by atoms with Crippen molar-refractivity contribution in [2.45, 2.75) is 26.7 Å². The first-order valence-corrected chi connectivity index (χ1v) is 9.10. The maximum Gasteiger partial charge on any atom is 0.255 e. The Balaban J connectivity index is 1.82. The van der Waals surface area contributed by atoms with Gasteiger partial charge in [0.2, 0.25) is 6.79 Å². The van der Waals surface area contributed by atoms with Crippen molar-refractivity contribution in [2.24, 2.45) is 0 Å². The molecule has 1 heterocycles. The summed E-state index contributed by atoms with van der Waals surface area (Å²) in [6.45, 7) is 4.18. The lowest BCUT2D eigenvalue weighted by molar-refractivity contribution is 0.101. The molecule has 0 unspecified atom stereocenters. The van der Waals surface area contributed by atoms with Crippen molar-refractivity contribution < 1.29 is 28.5 Å². The van der Waals surface area contributed by atoms with E-state index in [1.54, 1.807) is 30.3 Å². The largest absolute Gasteiger partial charge is 0.493 e. The minimum Gasteiger partial charge on any atom is -0.493 e. The van der Waals surface area contributed by atoms with E-state index in [-0.39, 0.29) is 18.5 Å². The Hall–Kier alpha value is -3.22. The maximum atomic E-state index is 12.7. The van der Waals surface area contributed by atoms with Gasteiger partial charge >= 0.3 is 0 Å². The zero-order chi connectivity index (χ0) is 20.1. The van der Waals surface area contributed by atoms with Gasteiger partial charge in [0.25, 0.3) is 5.91 Å². The second-order valence-electron chi connectivity index (χ2n) is 6.33. The lowest BCUT2D eigenvalue weighted by Gasteiger charge is -2.13. The van der Waals surface area contributed by atoms with Gasteiger partial charge in [-0.25, -0.2) is 0 Å². The van der Waals surface area contributed by atoms with Crippen LogP contribution < -0.4 is 24.3 Å². The Labute approximate surface area is 163 Å². The molecule has 0 saturated heterocycles. The zero-order valence-electron chi connectivity index (χ0n) is 16.2. The molecule has 0 atom stereocenters. The van der Waals surface area contributed by atoms with Crippen molar-refractivity contribution in [1.82, 2.24) is 0 Å². The van der Waals surface area contributed by atoms with E-state index in [1.807, 2.05) is 0 Å². The number of anilines is 1. The molecule has 0 spiro atoms. The quantitative estimate of drug-likeness (QED) is 0.545. The lowest BCUT2D eigenvalue weighted by atomic mass is 10.1. The van der Waals surface area contributed by atoms with Gasteiger partial charge in [0.1, 0.15) is 0 Å². The Morgan fingerprint density at radius 1 is 1.11 bits per heavy atom. The highest BCUT2D eigenvalue weighted by Gasteiger charge is 2.21. The highest BCUT2D eigenvalue weighted by atomic mass is 16.7. The first-order chi connectivity index (χ1) is 13.5. The summed E-state index contributed by atoms with van der Waals surface area (Å²) >= 11 is 0. The van der Waals surface area contributed by atoms with Crippen molar-refractivity contribution in [3.05, 3.63) is 41.5 Å². The summed E-state index contributed by atoms with van der Waals surface area (Å²) in [6, 6.07) is 8.13. The van der Waals surface area contributed by atoms with Gasteiger partial charge in [-0.3, -0.25) is 9.59 Å². The van der Waals surface area contributed by atoms with Gasteiger partial charge in [0.05, 0.1) is 19.4 Å². The summed E-state index contributed by atoms with van der Waals surface area (Å²) in [6.07, 6.45) is 1.96. The van der Waals surface area contributed by atoms with E-state index in [1.165, 1.54) is 14.0 Å². The van der Waals surface area contributed by atoms with Crippen LogP contribution in [0, 0.1) is 0 Å². The standard InChI is InChI=1S/C21H23NO6/c1-4-5-8-26-17-7-6-14(9-18(17)25-3)21(24)22-16-11-20-19(27-12-28-20)10-15(16)13(2)23/h6-7,9-11H,4-5,8,12H2,1-3H3,(H,22,24). The van der Waals surface area contributed by atoms with Gasteiger partial charge in [-0.2, -0.15) is 0 Å². The Morgan fingerprint density at radius 3 is 2.54 bits per heavy atom. The molecule has 0 radical (unpaired) electrons.